The van der Waals surface area contributed by atoms with E-state index in [0.29, 0.717) is 53.6 Å². The van der Waals surface area contributed by atoms with Crippen LogP contribution in [0.25, 0.3) is 0 Å². The summed E-state index contributed by atoms with van der Waals surface area (Å²) in [6.07, 6.45) is 9.76. The minimum Gasteiger partial charge on any atom is -0.390 e. The first kappa shape index (κ1) is 24.5. The maximum absolute atomic E-state index is 12.8. The van der Waals surface area contributed by atoms with Crippen molar-refractivity contribution in [3.8, 4) is 0 Å². The Morgan fingerprint density at radius 3 is 2.28 bits per heavy atom. The molecule has 0 saturated heterocycles. The molecule has 0 aliphatic heterocycles. The highest BCUT2D eigenvalue weighted by atomic mass is 16.3. The minimum atomic E-state index is -0.730. The molecule has 182 valence electrons. The van der Waals surface area contributed by atoms with Gasteiger partial charge < -0.3 is 10.2 Å². The molecule has 0 aromatic rings. The number of hydrogen-bond acceptors (Lipinski definition) is 3. The fraction of sp³-hybridized carbons (Fsp3) is 0.897. The van der Waals surface area contributed by atoms with Crippen LogP contribution in [0.2, 0.25) is 0 Å². The molecule has 4 fully saturated rings. The molecule has 0 aromatic heterocycles. The van der Waals surface area contributed by atoms with Gasteiger partial charge in [0.2, 0.25) is 0 Å². The Labute approximate surface area is 196 Å². The molecule has 3 nitrogen and oxygen atoms in total. The molecular weight excluding hydrogens is 396 g/mol. The second-order valence-electron chi connectivity index (χ2n) is 13.6. The lowest BCUT2D eigenvalue weighted by Gasteiger charge is -2.64. The molecule has 4 aliphatic rings. The molecular formula is C29H48O3. The average Bonchev–Trinajstić information content (AvgIpc) is 3.07. The van der Waals surface area contributed by atoms with E-state index in [1.165, 1.54) is 32.1 Å². The molecule has 4 aliphatic carbocycles. The second kappa shape index (κ2) is 7.94. The fourth-order valence-corrected chi connectivity index (χ4v) is 9.63. The largest absolute Gasteiger partial charge is 0.390 e. The fourth-order valence-electron chi connectivity index (χ4n) is 9.63. The Kier molecular flexibility index (Phi) is 6.07. The van der Waals surface area contributed by atoms with Crippen molar-refractivity contribution >= 4 is 5.78 Å². The van der Waals surface area contributed by atoms with Crippen LogP contribution in [0, 0.1) is 45.8 Å². The Hall–Kier alpha value is -0.670. The van der Waals surface area contributed by atoms with Gasteiger partial charge in [-0.05, 0) is 112 Å². The smallest absolute Gasteiger partial charge is 0.138 e. The van der Waals surface area contributed by atoms with Gasteiger partial charge in [-0.25, -0.2) is 0 Å². The molecule has 2 N–H and O–H groups in total. The molecule has 3 heteroatoms. The number of rotatable bonds is 5. The minimum absolute atomic E-state index is 0.179. The van der Waals surface area contributed by atoms with E-state index in [2.05, 4.69) is 34.3 Å². The summed E-state index contributed by atoms with van der Waals surface area (Å²) in [5.41, 5.74) is 0.453. The van der Waals surface area contributed by atoms with Gasteiger partial charge in [0.1, 0.15) is 5.78 Å². The van der Waals surface area contributed by atoms with Crippen LogP contribution in [0.4, 0.5) is 0 Å². The summed E-state index contributed by atoms with van der Waals surface area (Å²) >= 11 is 0. The van der Waals surface area contributed by atoms with Crippen LogP contribution < -0.4 is 0 Å². The van der Waals surface area contributed by atoms with Crippen LogP contribution in [0.3, 0.4) is 0 Å². The van der Waals surface area contributed by atoms with E-state index in [-0.39, 0.29) is 10.8 Å². The van der Waals surface area contributed by atoms with E-state index < -0.39 is 11.7 Å². The third-order valence-corrected chi connectivity index (χ3v) is 11.6. The molecule has 0 radical (unpaired) electrons. The number of ketones is 1. The molecule has 4 rings (SSSR count). The van der Waals surface area contributed by atoms with Gasteiger partial charge in [0.15, 0.2) is 0 Å². The van der Waals surface area contributed by atoms with E-state index in [1.54, 1.807) is 0 Å². The zero-order valence-electron chi connectivity index (χ0n) is 21.5. The number of aliphatic hydroxyl groups excluding tert-OH is 1. The van der Waals surface area contributed by atoms with Gasteiger partial charge >= 0.3 is 0 Å². The summed E-state index contributed by atoms with van der Waals surface area (Å²) < 4.78 is 0. The summed E-state index contributed by atoms with van der Waals surface area (Å²) in [4.78, 5) is 12.8. The number of fused-ring (bicyclic) bond motifs is 5. The van der Waals surface area contributed by atoms with Gasteiger partial charge in [-0.3, -0.25) is 4.79 Å². The van der Waals surface area contributed by atoms with Crippen molar-refractivity contribution in [1.82, 2.24) is 0 Å². The molecule has 9 atom stereocenters. The molecule has 32 heavy (non-hydrogen) atoms. The highest BCUT2D eigenvalue weighted by molar-refractivity contribution is 5.85. The Morgan fingerprint density at radius 2 is 1.62 bits per heavy atom. The first-order valence-electron chi connectivity index (χ1n) is 13.3. The SMILES string of the molecule is C=C(C)[C@H](O)CC[C@](C)(O)[C@H]1CC[C@]2(C)[C@@H]3CC[C@@H]4C(C)(C)C(=O)CC[C@]4(C)[C@H]3CC[C@H]12. The van der Waals surface area contributed by atoms with Gasteiger partial charge in [-0.2, -0.15) is 0 Å². The molecule has 0 unspecified atom stereocenters. The zero-order chi connectivity index (χ0) is 23.7. The Balaban J connectivity index is 1.55. The predicted octanol–water partition coefficient (Wildman–Crippen LogP) is 6.32. The monoisotopic (exact) mass is 444 g/mol. The average molecular weight is 445 g/mol. The summed E-state index contributed by atoms with van der Waals surface area (Å²) in [6, 6.07) is 0. The van der Waals surface area contributed by atoms with Crippen molar-refractivity contribution in [1.29, 1.82) is 0 Å². The maximum Gasteiger partial charge on any atom is 0.138 e. The zero-order valence-corrected chi connectivity index (χ0v) is 21.5. The van der Waals surface area contributed by atoms with Crippen LogP contribution in [0.15, 0.2) is 12.2 Å². The quantitative estimate of drug-likeness (QED) is 0.488. The van der Waals surface area contributed by atoms with E-state index in [4.69, 9.17) is 0 Å². The number of hydrogen-bond donors (Lipinski definition) is 2. The van der Waals surface area contributed by atoms with Crippen molar-refractivity contribution in [3.63, 3.8) is 0 Å². The van der Waals surface area contributed by atoms with Gasteiger partial charge in [0, 0.05) is 11.8 Å². The summed E-state index contributed by atoms with van der Waals surface area (Å²) in [7, 11) is 0. The first-order valence-corrected chi connectivity index (χ1v) is 13.3. The molecule has 4 saturated carbocycles. The van der Waals surface area contributed by atoms with Crippen LogP contribution in [-0.2, 0) is 4.79 Å². The summed E-state index contributed by atoms with van der Waals surface area (Å²) in [5, 5.41) is 21.8. The van der Waals surface area contributed by atoms with Gasteiger partial charge in [-0.15, -0.1) is 0 Å². The molecule has 0 spiro atoms. The number of Topliss-reactive ketones (excluding diaryl/α,β-unsaturated/α-hetero) is 1. The maximum atomic E-state index is 12.8. The topological polar surface area (TPSA) is 57.5 Å². The number of carbonyl (C=O) groups is 1. The van der Waals surface area contributed by atoms with Crippen molar-refractivity contribution in [3.05, 3.63) is 12.2 Å². The van der Waals surface area contributed by atoms with E-state index in [0.717, 1.165) is 24.8 Å². The highest BCUT2D eigenvalue weighted by Crippen LogP contribution is 2.70. The number of aliphatic hydroxyl groups is 2. The van der Waals surface area contributed by atoms with Crippen molar-refractivity contribution in [2.24, 2.45) is 45.8 Å². The lowest BCUT2D eigenvalue weighted by Crippen LogP contribution is -2.59. The van der Waals surface area contributed by atoms with Gasteiger partial charge in [0.25, 0.3) is 0 Å². The van der Waals surface area contributed by atoms with Crippen molar-refractivity contribution in [2.45, 2.75) is 117 Å². The third-order valence-electron chi connectivity index (χ3n) is 11.6. The lowest BCUT2D eigenvalue weighted by molar-refractivity contribution is -0.172. The molecule has 0 amide bonds. The van der Waals surface area contributed by atoms with E-state index in [1.807, 2.05) is 13.8 Å². The lowest BCUT2D eigenvalue weighted by atomic mass is 9.40. The first-order chi connectivity index (χ1) is 14.7. The van der Waals surface area contributed by atoms with Gasteiger partial charge in [0.05, 0.1) is 11.7 Å². The van der Waals surface area contributed by atoms with E-state index in [9.17, 15) is 15.0 Å². The predicted molar refractivity (Wildman–Crippen MR) is 130 cm³/mol. The summed E-state index contributed by atoms with van der Waals surface area (Å²) in [6.45, 7) is 17.3. The summed E-state index contributed by atoms with van der Waals surface area (Å²) in [5.74, 6) is 3.31. The van der Waals surface area contributed by atoms with Gasteiger partial charge in [-0.1, -0.05) is 39.8 Å². The van der Waals surface area contributed by atoms with Crippen LogP contribution in [0.1, 0.15) is 106 Å². The normalized spacial score (nSPS) is 45.9. The standard InChI is InChI=1S/C29H48O3/c1-18(2)23(30)13-17-29(7,32)22-12-15-27(5)19-10-11-24-26(3,4)25(31)14-16-28(24,6)20(19)8-9-21(22)27/h19-24,30,32H,1,8-17H2,2-7H3/t19-,20+,21-,22+,23-,24-,27-,28-,29+/m1/s1. The highest BCUT2D eigenvalue weighted by Gasteiger charge is 2.64. The third kappa shape index (κ3) is 3.56. The molecule has 0 heterocycles. The number of carbonyl (C=O) groups excluding carboxylic acids is 1. The van der Waals surface area contributed by atoms with Crippen molar-refractivity contribution in [2.75, 3.05) is 0 Å². The van der Waals surface area contributed by atoms with Crippen LogP contribution in [0.5, 0.6) is 0 Å². The van der Waals surface area contributed by atoms with Crippen LogP contribution in [-0.4, -0.2) is 27.7 Å². The Bertz CT molecular complexity index is 766. The molecule has 0 bridgehead atoms. The van der Waals surface area contributed by atoms with Crippen LogP contribution >= 0.6 is 0 Å². The van der Waals surface area contributed by atoms with E-state index >= 15 is 0 Å². The Morgan fingerprint density at radius 1 is 1.03 bits per heavy atom. The van der Waals surface area contributed by atoms with Crippen molar-refractivity contribution < 1.29 is 15.0 Å². The second-order valence-corrected chi connectivity index (χ2v) is 13.6. The molecule has 0 aromatic carbocycles.